The number of rotatable bonds is 3. The predicted octanol–water partition coefficient (Wildman–Crippen LogP) is 5.69. The van der Waals surface area contributed by atoms with Gasteiger partial charge in [-0.2, -0.15) is 0 Å². The first-order valence-corrected chi connectivity index (χ1v) is 9.13. The maximum absolute atomic E-state index is 10.9. The molecule has 1 aromatic carbocycles. The van der Waals surface area contributed by atoms with Crippen molar-refractivity contribution in [3.05, 3.63) is 64.5 Å². The van der Waals surface area contributed by atoms with Gasteiger partial charge in [-0.1, -0.05) is 58.0 Å². The number of carbonyl (C=O) groups is 1. The van der Waals surface area contributed by atoms with Gasteiger partial charge in [0, 0.05) is 6.20 Å². The summed E-state index contributed by atoms with van der Waals surface area (Å²) < 4.78 is 0. The second kappa shape index (κ2) is 6.39. The second-order valence-electron chi connectivity index (χ2n) is 8.64. The molecule has 0 aliphatic heterocycles. The van der Waals surface area contributed by atoms with Crippen molar-refractivity contribution in [2.24, 2.45) is 0 Å². The van der Waals surface area contributed by atoms with Gasteiger partial charge < -0.3 is 5.11 Å². The van der Waals surface area contributed by atoms with Gasteiger partial charge in [-0.15, -0.1) is 0 Å². The van der Waals surface area contributed by atoms with Crippen LogP contribution in [0.4, 0.5) is 0 Å². The van der Waals surface area contributed by atoms with Crippen molar-refractivity contribution in [1.29, 1.82) is 0 Å². The number of benzene rings is 1. The molecule has 1 aliphatic rings. The van der Waals surface area contributed by atoms with Crippen LogP contribution in [0.1, 0.15) is 80.2 Å². The predicted molar refractivity (Wildman–Crippen MR) is 106 cm³/mol. The fourth-order valence-electron chi connectivity index (χ4n) is 3.78. The van der Waals surface area contributed by atoms with Crippen molar-refractivity contribution in [3.8, 4) is 0 Å². The Kier molecular flexibility index (Phi) is 4.51. The summed E-state index contributed by atoms with van der Waals surface area (Å²) in [5.74, 6) is -1.00. The average molecular weight is 349 g/mol. The number of carboxylic acid groups (broad SMARTS) is 1. The van der Waals surface area contributed by atoms with Crippen molar-refractivity contribution in [2.75, 3.05) is 0 Å². The van der Waals surface area contributed by atoms with Crippen LogP contribution in [-0.2, 0) is 10.8 Å². The maximum Gasteiger partial charge on any atom is 0.354 e. The molecule has 0 unspecified atom stereocenters. The Labute approximate surface area is 155 Å². The molecule has 0 atom stereocenters. The molecule has 0 radical (unpaired) electrons. The highest BCUT2D eigenvalue weighted by molar-refractivity contribution is 5.86. The first-order valence-electron chi connectivity index (χ1n) is 9.13. The molecule has 1 aromatic heterocycles. The molecule has 1 N–H and O–H groups in total. The molecule has 0 saturated carbocycles. The maximum atomic E-state index is 10.9. The molecule has 0 saturated heterocycles. The van der Waals surface area contributed by atoms with Gasteiger partial charge in [0.2, 0.25) is 0 Å². The lowest BCUT2D eigenvalue weighted by molar-refractivity contribution is 0.0690. The third kappa shape index (κ3) is 3.44. The zero-order valence-electron chi connectivity index (χ0n) is 16.3. The number of hydrogen-bond donors (Lipinski definition) is 1. The molecule has 1 aliphatic carbocycles. The SMILES string of the molecule is C/C(=C/c1ccc2c(c1)C(C)(C)CCC2(C)C)c1ccc(C(=O)O)nc1. The van der Waals surface area contributed by atoms with E-state index in [0.717, 1.165) is 11.1 Å². The monoisotopic (exact) mass is 349 g/mol. The number of fused-ring (bicyclic) bond motifs is 1. The van der Waals surface area contributed by atoms with Crippen molar-refractivity contribution in [3.63, 3.8) is 0 Å². The van der Waals surface area contributed by atoms with E-state index in [0.29, 0.717) is 0 Å². The van der Waals surface area contributed by atoms with Gasteiger partial charge in [-0.05, 0) is 64.5 Å². The van der Waals surface area contributed by atoms with Crippen LogP contribution in [0.25, 0.3) is 11.6 Å². The summed E-state index contributed by atoms with van der Waals surface area (Å²) >= 11 is 0. The highest BCUT2D eigenvalue weighted by Gasteiger charge is 2.36. The molecule has 0 fully saturated rings. The van der Waals surface area contributed by atoms with Crippen LogP contribution in [0.2, 0.25) is 0 Å². The lowest BCUT2D eigenvalue weighted by Crippen LogP contribution is -2.33. The highest BCUT2D eigenvalue weighted by Crippen LogP contribution is 2.46. The first kappa shape index (κ1) is 18.4. The molecule has 0 spiro atoms. The van der Waals surface area contributed by atoms with Crippen LogP contribution < -0.4 is 0 Å². The smallest absolute Gasteiger partial charge is 0.354 e. The van der Waals surface area contributed by atoms with E-state index >= 15 is 0 Å². The van der Waals surface area contributed by atoms with Crippen LogP contribution in [-0.4, -0.2) is 16.1 Å². The Bertz CT molecular complexity index is 874. The summed E-state index contributed by atoms with van der Waals surface area (Å²) in [5.41, 5.74) is 6.56. The number of hydrogen-bond acceptors (Lipinski definition) is 2. The minimum atomic E-state index is -1.00. The Morgan fingerprint density at radius 2 is 1.69 bits per heavy atom. The van der Waals surface area contributed by atoms with Crippen molar-refractivity contribution in [2.45, 2.75) is 58.3 Å². The fraction of sp³-hybridized carbons (Fsp3) is 0.391. The van der Waals surface area contributed by atoms with E-state index in [1.807, 2.05) is 13.0 Å². The molecule has 0 bridgehead atoms. The van der Waals surface area contributed by atoms with Gasteiger partial charge in [0.25, 0.3) is 0 Å². The van der Waals surface area contributed by atoms with Crippen molar-refractivity contribution < 1.29 is 9.90 Å². The van der Waals surface area contributed by atoms with Gasteiger partial charge in [0.15, 0.2) is 0 Å². The Hall–Kier alpha value is -2.42. The number of carboxylic acids is 1. The van der Waals surface area contributed by atoms with E-state index in [2.05, 4.69) is 57.0 Å². The molecule has 136 valence electrons. The molecule has 3 rings (SSSR count). The van der Waals surface area contributed by atoms with Gasteiger partial charge in [0.1, 0.15) is 5.69 Å². The Morgan fingerprint density at radius 3 is 2.27 bits per heavy atom. The first-order chi connectivity index (χ1) is 12.1. The number of pyridine rings is 1. The lowest BCUT2D eigenvalue weighted by atomic mass is 9.63. The molecular weight excluding hydrogens is 322 g/mol. The van der Waals surface area contributed by atoms with E-state index in [1.54, 1.807) is 12.3 Å². The summed E-state index contributed by atoms with van der Waals surface area (Å²) in [6.45, 7) is 11.4. The molecule has 0 amide bonds. The molecule has 1 heterocycles. The van der Waals surface area contributed by atoms with E-state index in [1.165, 1.54) is 29.5 Å². The molecular formula is C23H27NO2. The molecule has 3 nitrogen and oxygen atoms in total. The quantitative estimate of drug-likeness (QED) is 0.774. The molecule has 26 heavy (non-hydrogen) atoms. The number of aromatic carboxylic acids is 1. The van der Waals surface area contributed by atoms with Crippen LogP contribution in [0, 0.1) is 0 Å². The van der Waals surface area contributed by atoms with Crippen molar-refractivity contribution >= 4 is 17.6 Å². The van der Waals surface area contributed by atoms with Gasteiger partial charge in [-0.3, -0.25) is 0 Å². The standard InChI is InChI=1S/C23H27NO2/c1-15(17-7-9-20(21(25)26)24-14-17)12-16-6-8-18-19(13-16)23(4,5)11-10-22(18,2)3/h6-9,12-14H,10-11H2,1-5H3,(H,25,26)/b15-12-. The summed E-state index contributed by atoms with van der Waals surface area (Å²) in [5, 5.41) is 8.98. The second-order valence-corrected chi connectivity index (χ2v) is 8.64. The largest absolute Gasteiger partial charge is 0.477 e. The third-order valence-corrected chi connectivity index (χ3v) is 5.70. The number of allylic oxidation sites excluding steroid dienone is 1. The average Bonchev–Trinajstić information content (AvgIpc) is 2.59. The molecule has 2 aromatic rings. The Balaban J connectivity index is 1.97. The number of nitrogens with zero attached hydrogens (tertiary/aromatic N) is 1. The van der Waals surface area contributed by atoms with Crippen LogP contribution in [0.15, 0.2) is 36.5 Å². The minimum absolute atomic E-state index is 0.0688. The zero-order chi connectivity index (χ0) is 19.1. The zero-order valence-corrected chi connectivity index (χ0v) is 16.3. The van der Waals surface area contributed by atoms with E-state index in [4.69, 9.17) is 5.11 Å². The molecule has 3 heteroatoms. The van der Waals surface area contributed by atoms with Gasteiger partial charge in [-0.25, -0.2) is 9.78 Å². The third-order valence-electron chi connectivity index (χ3n) is 5.70. The summed E-state index contributed by atoms with van der Waals surface area (Å²) in [6.07, 6.45) is 6.18. The van der Waals surface area contributed by atoms with Gasteiger partial charge >= 0.3 is 5.97 Å². The highest BCUT2D eigenvalue weighted by atomic mass is 16.4. The lowest BCUT2D eigenvalue weighted by Gasteiger charge is -2.42. The van der Waals surface area contributed by atoms with Gasteiger partial charge in [0.05, 0.1) is 0 Å². The topological polar surface area (TPSA) is 50.2 Å². The van der Waals surface area contributed by atoms with E-state index in [-0.39, 0.29) is 16.5 Å². The normalized spacial score (nSPS) is 18.3. The van der Waals surface area contributed by atoms with Crippen LogP contribution >= 0.6 is 0 Å². The van der Waals surface area contributed by atoms with Crippen LogP contribution in [0.5, 0.6) is 0 Å². The summed E-state index contributed by atoms with van der Waals surface area (Å²) in [6, 6.07) is 10.1. The minimum Gasteiger partial charge on any atom is -0.477 e. The Morgan fingerprint density at radius 1 is 1.04 bits per heavy atom. The van der Waals surface area contributed by atoms with Crippen LogP contribution in [0.3, 0.4) is 0 Å². The number of aromatic nitrogens is 1. The van der Waals surface area contributed by atoms with E-state index in [9.17, 15) is 4.79 Å². The summed E-state index contributed by atoms with van der Waals surface area (Å²) in [7, 11) is 0. The van der Waals surface area contributed by atoms with E-state index < -0.39 is 5.97 Å². The van der Waals surface area contributed by atoms with Crippen molar-refractivity contribution in [1.82, 2.24) is 4.98 Å². The summed E-state index contributed by atoms with van der Waals surface area (Å²) in [4.78, 5) is 15.0. The fourth-order valence-corrected chi connectivity index (χ4v) is 3.78.